The van der Waals surface area contributed by atoms with Crippen molar-refractivity contribution in [2.75, 3.05) is 20.1 Å². The standard InChI is InChI=1S/C7H16N2O2/c1-6(2)11-7(10)9(3)5-4-8/h6H,4-5,8H2,1-3H3. The number of ether oxygens (including phenoxy) is 1. The summed E-state index contributed by atoms with van der Waals surface area (Å²) in [7, 11) is 1.66. The summed E-state index contributed by atoms with van der Waals surface area (Å²) in [6.45, 7) is 4.62. The predicted molar refractivity (Wildman–Crippen MR) is 43.3 cm³/mol. The molecule has 0 unspecified atom stereocenters. The molecule has 11 heavy (non-hydrogen) atoms. The van der Waals surface area contributed by atoms with E-state index in [0.29, 0.717) is 13.1 Å². The molecular weight excluding hydrogens is 144 g/mol. The molecule has 0 fully saturated rings. The fourth-order valence-corrected chi connectivity index (χ4v) is 0.577. The Morgan fingerprint density at radius 2 is 2.18 bits per heavy atom. The van der Waals surface area contributed by atoms with E-state index in [9.17, 15) is 4.79 Å². The van der Waals surface area contributed by atoms with Crippen molar-refractivity contribution in [2.24, 2.45) is 5.73 Å². The van der Waals surface area contributed by atoms with Gasteiger partial charge in [0.25, 0.3) is 0 Å². The molecule has 0 aromatic heterocycles. The van der Waals surface area contributed by atoms with Crippen LogP contribution in [-0.2, 0) is 4.74 Å². The number of hydrogen-bond acceptors (Lipinski definition) is 3. The first-order valence-corrected chi connectivity index (χ1v) is 3.69. The van der Waals surface area contributed by atoms with Crippen LogP contribution in [0.1, 0.15) is 13.8 Å². The van der Waals surface area contributed by atoms with Crippen LogP contribution in [0, 0.1) is 0 Å². The van der Waals surface area contributed by atoms with Crippen LogP contribution in [-0.4, -0.2) is 37.2 Å². The Kier molecular flexibility index (Phi) is 4.61. The summed E-state index contributed by atoms with van der Waals surface area (Å²) in [5.41, 5.74) is 5.25. The van der Waals surface area contributed by atoms with Gasteiger partial charge in [-0.3, -0.25) is 0 Å². The number of rotatable bonds is 3. The predicted octanol–water partition coefficient (Wildman–Crippen LogP) is 0.422. The molecule has 4 heteroatoms. The maximum Gasteiger partial charge on any atom is 0.409 e. The highest BCUT2D eigenvalue weighted by atomic mass is 16.6. The minimum Gasteiger partial charge on any atom is -0.447 e. The molecule has 4 nitrogen and oxygen atoms in total. The van der Waals surface area contributed by atoms with Crippen LogP contribution in [0.15, 0.2) is 0 Å². The number of nitrogens with two attached hydrogens (primary N) is 1. The molecular formula is C7H16N2O2. The lowest BCUT2D eigenvalue weighted by molar-refractivity contribution is 0.0848. The zero-order valence-electron chi connectivity index (χ0n) is 7.33. The van der Waals surface area contributed by atoms with E-state index < -0.39 is 0 Å². The van der Waals surface area contributed by atoms with Crippen molar-refractivity contribution in [1.29, 1.82) is 0 Å². The molecule has 0 spiro atoms. The highest BCUT2D eigenvalue weighted by molar-refractivity contribution is 5.67. The zero-order valence-corrected chi connectivity index (χ0v) is 7.33. The summed E-state index contributed by atoms with van der Waals surface area (Å²) in [5, 5.41) is 0. The number of amides is 1. The molecule has 0 saturated carbocycles. The van der Waals surface area contributed by atoms with E-state index in [2.05, 4.69) is 0 Å². The van der Waals surface area contributed by atoms with Gasteiger partial charge in [0.05, 0.1) is 6.10 Å². The van der Waals surface area contributed by atoms with Gasteiger partial charge in [-0.15, -0.1) is 0 Å². The molecule has 0 bridgehead atoms. The highest BCUT2D eigenvalue weighted by Crippen LogP contribution is 1.94. The van der Waals surface area contributed by atoms with Crippen LogP contribution in [0.4, 0.5) is 4.79 Å². The van der Waals surface area contributed by atoms with Gasteiger partial charge in [-0.1, -0.05) is 0 Å². The first-order chi connectivity index (χ1) is 5.07. The summed E-state index contributed by atoms with van der Waals surface area (Å²) in [5.74, 6) is 0. The fourth-order valence-electron chi connectivity index (χ4n) is 0.577. The molecule has 0 aromatic carbocycles. The summed E-state index contributed by atoms with van der Waals surface area (Å²) < 4.78 is 4.90. The fraction of sp³-hybridized carbons (Fsp3) is 0.857. The van der Waals surface area contributed by atoms with Gasteiger partial charge in [-0.05, 0) is 13.8 Å². The Hall–Kier alpha value is -0.770. The van der Waals surface area contributed by atoms with Gasteiger partial charge in [-0.25, -0.2) is 4.79 Å². The van der Waals surface area contributed by atoms with Crippen LogP contribution in [0.25, 0.3) is 0 Å². The number of carbonyl (C=O) groups is 1. The minimum atomic E-state index is -0.314. The van der Waals surface area contributed by atoms with Gasteiger partial charge in [0.15, 0.2) is 0 Å². The minimum absolute atomic E-state index is 0.0669. The Balaban J connectivity index is 3.64. The van der Waals surface area contributed by atoms with Crippen LogP contribution >= 0.6 is 0 Å². The Labute approximate surface area is 67.3 Å². The molecule has 0 aromatic rings. The zero-order chi connectivity index (χ0) is 8.85. The van der Waals surface area contributed by atoms with Gasteiger partial charge in [0.1, 0.15) is 0 Å². The average molecular weight is 160 g/mol. The van der Waals surface area contributed by atoms with Crippen molar-refractivity contribution in [3.8, 4) is 0 Å². The quantitative estimate of drug-likeness (QED) is 0.651. The van der Waals surface area contributed by atoms with Gasteiger partial charge in [0.2, 0.25) is 0 Å². The highest BCUT2D eigenvalue weighted by Gasteiger charge is 2.09. The van der Waals surface area contributed by atoms with E-state index in [1.54, 1.807) is 7.05 Å². The van der Waals surface area contributed by atoms with E-state index in [-0.39, 0.29) is 12.2 Å². The van der Waals surface area contributed by atoms with Gasteiger partial charge >= 0.3 is 6.09 Å². The first-order valence-electron chi connectivity index (χ1n) is 3.69. The van der Waals surface area contributed by atoms with Crippen molar-refractivity contribution >= 4 is 6.09 Å². The Morgan fingerprint density at radius 3 is 2.55 bits per heavy atom. The van der Waals surface area contributed by atoms with Crippen LogP contribution in [0.2, 0.25) is 0 Å². The lowest BCUT2D eigenvalue weighted by Crippen LogP contribution is -2.33. The molecule has 0 saturated heterocycles. The lowest BCUT2D eigenvalue weighted by Gasteiger charge is -2.17. The third-order valence-corrected chi connectivity index (χ3v) is 1.11. The normalized spacial score (nSPS) is 9.91. The van der Waals surface area contributed by atoms with Crippen molar-refractivity contribution in [3.63, 3.8) is 0 Å². The Morgan fingerprint density at radius 1 is 1.64 bits per heavy atom. The van der Waals surface area contributed by atoms with Gasteiger partial charge < -0.3 is 15.4 Å². The summed E-state index contributed by atoms with van der Waals surface area (Å²) >= 11 is 0. The third kappa shape index (κ3) is 4.61. The summed E-state index contributed by atoms with van der Waals surface area (Å²) in [6, 6.07) is 0. The van der Waals surface area contributed by atoms with Crippen LogP contribution in [0.3, 0.4) is 0 Å². The molecule has 0 radical (unpaired) electrons. The SMILES string of the molecule is CC(C)OC(=O)N(C)CCN. The Bertz CT molecular complexity index is 126. The summed E-state index contributed by atoms with van der Waals surface area (Å²) in [4.78, 5) is 12.4. The van der Waals surface area contributed by atoms with E-state index >= 15 is 0 Å². The van der Waals surface area contributed by atoms with Crippen LogP contribution < -0.4 is 5.73 Å². The second-order valence-electron chi connectivity index (χ2n) is 2.64. The monoisotopic (exact) mass is 160 g/mol. The number of nitrogens with zero attached hydrogens (tertiary/aromatic N) is 1. The third-order valence-electron chi connectivity index (χ3n) is 1.11. The van der Waals surface area contributed by atoms with E-state index in [1.807, 2.05) is 13.8 Å². The molecule has 0 aliphatic carbocycles. The second-order valence-corrected chi connectivity index (χ2v) is 2.64. The van der Waals surface area contributed by atoms with Gasteiger partial charge in [0, 0.05) is 20.1 Å². The smallest absolute Gasteiger partial charge is 0.409 e. The molecule has 0 atom stereocenters. The molecule has 0 heterocycles. The maximum atomic E-state index is 11.0. The van der Waals surface area contributed by atoms with Crippen LogP contribution in [0.5, 0.6) is 0 Å². The average Bonchev–Trinajstić information content (AvgIpc) is 1.86. The van der Waals surface area contributed by atoms with Crippen molar-refractivity contribution in [2.45, 2.75) is 20.0 Å². The second kappa shape index (κ2) is 4.96. The molecule has 0 aliphatic rings. The largest absolute Gasteiger partial charge is 0.447 e. The lowest BCUT2D eigenvalue weighted by atomic mass is 10.5. The van der Waals surface area contributed by atoms with Gasteiger partial charge in [-0.2, -0.15) is 0 Å². The van der Waals surface area contributed by atoms with E-state index in [1.165, 1.54) is 4.90 Å². The number of likely N-dealkylation sites (N-methyl/N-ethyl adjacent to an activating group) is 1. The van der Waals surface area contributed by atoms with E-state index in [0.717, 1.165) is 0 Å². The molecule has 2 N–H and O–H groups in total. The molecule has 0 aliphatic heterocycles. The van der Waals surface area contributed by atoms with Crippen molar-refractivity contribution in [1.82, 2.24) is 4.90 Å². The first kappa shape index (κ1) is 10.2. The summed E-state index contributed by atoms with van der Waals surface area (Å²) in [6.07, 6.45) is -0.381. The van der Waals surface area contributed by atoms with Crippen molar-refractivity contribution < 1.29 is 9.53 Å². The molecule has 1 amide bonds. The molecule has 0 rings (SSSR count). The number of hydrogen-bond donors (Lipinski definition) is 1. The molecule has 66 valence electrons. The number of carbonyl (C=O) groups excluding carboxylic acids is 1. The van der Waals surface area contributed by atoms with E-state index in [4.69, 9.17) is 10.5 Å². The maximum absolute atomic E-state index is 11.0. The topological polar surface area (TPSA) is 55.6 Å². The van der Waals surface area contributed by atoms with Crippen molar-refractivity contribution in [3.05, 3.63) is 0 Å².